The summed E-state index contributed by atoms with van der Waals surface area (Å²) >= 11 is 0. The van der Waals surface area contributed by atoms with Crippen LogP contribution in [-0.2, 0) is 11.3 Å². The third-order valence-corrected chi connectivity index (χ3v) is 3.97. The number of hydrogen-bond donors (Lipinski definition) is 2. The molecule has 2 N–H and O–H groups in total. The van der Waals surface area contributed by atoms with Gasteiger partial charge >= 0.3 is 6.03 Å². The topological polar surface area (TPSA) is 71.4 Å². The fraction of sp³-hybridized carbons (Fsp3) is 0.733. The van der Waals surface area contributed by atoms with Crippen molar-refractivity contribution >= 4 is 11.7 Å². The van der Waals surface area contributed by atoms with E-state index in [-0.39, 0.29) is 6.03 Å². The Labute approximate surface area is 132 Å². The molecule has 2 amide bonds. The molecule has 1 aliphatic rings. The number of nitrogens with one attached hydrogen (secondary N) is 2. The number of carbonyl (C=O) groups excluding carboxylic acids is 1. The molecule has 7 heteroatoms. The molecule has 1 unspecified atom stereocenters. The highest BCUT2D eigenvalue weighted by Gasteiger charge is 2.24. The Kier molecular flexibility index (Phi) is 6.21. The van der Waals surface area contributed by atoms with Gasteiger partial charge in [-0.05, 0) is 12.8 Å². The zero-order valence-electron chi connectivity index (χ0n) is 13.7. The van der Waals surface area contributed by atoms with Gasteiger partial charge in [-0.15, -0.1) is 0 Å². The minimum absolute atomic E-state index is 0.186. The van der Waals surface area contributed by atoms with Gasteiger partial charge in [0.1, 0.15) is 0 Å². The van der Waals surface area contributed by atoms with Gasteiger partial charge in [-0.3, -0.25) is 9.58 Å². The van der Waals surface area contributed by atoms with Gasteiger partial charge < -0.3 is 15.4 Å². The molecule has 0 radical (unpaired) electrons. The van der Waals surface area contributed by atoms with Crippen molar-refractivity contribution in [3.8, 4) is 0 Å². The molecule has 1 aliphatic heterocycles. The molecule has 1 aromatic heterocycles. The monoisotopic (exact) mass is 309 g/mol. The smallest absolute Gasteiger partial charge is 0.319 e. The lowest BCUT2D eigenvalue weighted by Gasteiger charge is -2.36. The predicted molar refractivity (Wildman–Crippen MR) is 85.9 cm³/mol. The summed E-state index contributed by atoms with van der Waals surface area (Å²) in [7, 11) is 0. The number of carbonyl (C=O) groups is 1. The van der Waals surface area contributed by atoms with Crippen LogP contribution in [0.4, 0.5) is 10.5 Å². The molecule has 1 fully saturated rings. The molecular weight excluding hydrogens is 282 g/mol. The van der Waals surface area contributed by atoms with E-state index in [2.05, 4.69) is 34.5 Å². The van der Waals surface area contributed by atoms with Gasteiger partial charge in [-0.2, -0.15) is 5.10 Å². The van der Waals surface area contributed by atoms with Crippen molar-refractivity contribution in [2.45, 2.75) is 33.4 Å². The summed E-state index contributed by atoms with van der Waals surface area (Å²) in [5.41, 5.74) is 0.715. The van der Waals surface area contributed by atoms with Crippen LogP contribution in [-0.4, -0.2) is 59.6 Å². The molecular formula is C15H27N5O2. The second kappa shape index (κ2) is 8.14. The van der Waals surface area contributed by atoms with Crippen LogP contribution in [0.15, 0.2) is 12.4 Å². The number of morpholine rings is 1. The third-order valence-electron chi connectivity index (χ3n) is 3.97. The SMILES string of the molecule is CCn1cc(NC(=O)NCC(C(C)C)N2CCOCC2)cn1. The molecule has 0 saturated carbocycles. The van der Waals surface area contributed by atoms with Crippen LogP contribution in [0.25, 0.3) is 0 Å². The highest BCUT2D eigenvalue weighted by Crippen LogP contribution is 2.12. The number of amides is 2. The number of rotatable bonds is 6. The van der Waals surface area contributed by atoms with E-state index in [0.717, 1.165) is 32.8 Å². The molecule has 124 valence electrons. The van der Waals surface area contributed by atoms with E-state index >= 15 is 0 Å². The number of urea groups is 1. The standard InChI is InChI=1S/C15H27N5O2/c1-4-20-11-13(9-17-20)18-15(21)16-10-14(12(2)3)19-5-7-22-8-6-19/h9,11-12,14H,4-8,10H2,1-3H3,(H2,16,18,21). The first-order chi connectivity index (χ1) is 10.6. The first-order valence-electron chi connectivity index (χ1n) is 7.99. The van der Waals surface area contributed by atoms with E-state index < -0.39 is 0 Å². The number of nitrogens with zero attached hydrogens (tertiary/aromatic N) is 3. The van der Waals surface area contributed by atoms with Crippen LogP contribution in [0, 0.1) is 5.92 Å². The van der Waals surface area contributed by atoms with Crippen molar-refractivity contribution in [1.82, 2.24) is 20.0 Å². The minimum atomic E-state index is -0.186. The second-order valence-corrected chi connectivity index (χ2v) is 5.88. The van der Waals surface area contributed by atoms with Crippen LogP contribution in [0.2, 0.25) is 0 Å². The summed E-state index contributed by atoms with van der Waals surface area (Å²) < 4.78 is 7.17. The molecule has 22 heavy (non-hydrogen) atoms. The van der Waals surface area contributed by atoms with Crippen LogP contribution in [0.3, 0.4) is 0 Å². The molecule has 1 saturated heterocycles. The Morgan fingerprint density at radius 1 is 1.41 bits per heavy atom. The quantitative estimate of drug-likeness (QED) is 0.833. The van der Waals surface area contributed by atoms with Gasteiger partial charge in [-0.1, -0.05) is 13.8 Å². The van der Waals surface area contributed by atoms with Gasteiger partial charge in [0, 0.05) is 38.4 Å². The first kappa shape index (κ1) is 16.8. The zero-order chi connectivity index (χ0) is 15.9. The van der Waals surface area contributed by atoms with Crippen LogP contribution >= 0.6 is 0 Å². The van der Waals surface area contributed by atoms with E-state index in [1.807, 2.05) is 13.1 Å². The molecule has 0 bridgehead atoms. The fourth-order valence-electron chi connectivity index (χ4n) is 2.67. The van der Waals surface area contributed by atoms with E-state index in [4.69, 9.17) is 4.74 Å². The molecule has 2 rings (SSSR count). The lowest BCUT2D eigenvalue weighted by atomic mass is 10.0. The van der Waals surface area contributed by atoms with Crippen molar-refractivity contribution in [3.63, 3.8) is 0 Å². The van der Waals surface area contributed by atoms with E-state index in [9.17, 15) is 4.79 Å². The van der Waals surface area contributed by atoms with Crippen molar-refractivity contribution in [3.05, 3.63) is 12.4 Å². The average Bonchev–Trinajstić information content (AvgIpc) is 2.95. The predicted octanol–water partition coefficient (Wildman–Crippen LogP) is 1.38. The normalized spacial score (nSPS) is 17.5. The number of anilines is 1. The lowest BCUT2D eigenvalue weighted by molar-refractivity contribution is 0.00728. The maximum absolute atomic E-state index is 12.0. The summed E-state index contributed by atoms with van der Waals surface area (Å²) in [4.78, 5) is 14.4. The first-order valence-corrected chi connectivity index (χ1v) is 7.99. The van der Waals surface area contributed by atoms with E-state index in [0.29, 0.717) is 24.2 Å². The molecule has 0 spiro atoms. The summed E-state index contributed by atoms with van der Waals surface area (Å²) in [6, 6.07) is 0.141. The van der Waals surface area contributed by atoms with Crippen molar-refractivity contribution in [2.75, 3.05) is 38.2 Å². The maximum Gasteiger partial charge on any atom is 0.319 e. The van der Waals surface area contributed by atoms with Crippen molar-refractivity contribution in [2.24, 2.45) is 5.92 Å². The van der Waals surface area contributed by atoms with Crippen LogP contribution < -0.4 is 10.6 Å². The summed E-state index contributed by atoms with van der Waals surface area (Å²) in [5.74, 6) is 0.473. The Balaban J connectivity index is 1.81. The third kappa shape index (κ3) is 4.71. The number of aryl methyl sites for hydroxylation is 1. The zero-order valence-corrected chi connectivity index (χ0v) is 13.7. The number of hydrogen-bond acceptors (Lipinski definition) is 4. The maximum atomic E-state index is 12.0. The Morgan fingerprint density at radius 2 is 2.14 bits per heavy atom. The molecule has 1 aromatic rings. The van der Waals surface area contributed by atoms with Crippen LogP contribution in [0.5, 0.6) is 0 Å². The largest absolute Gasteiger partial charge is 0.379 e. The molecule has 0 aromatic carbocycles. The molecule has 0 aliphatic carbocycles. The lowest BCUT2D eigenvalue weighted by Crippen LogP contribution is -2.51. The van der Waals surface area contributed by atoms with E-state index in [1.165, 1.54) is 0 Å². The van der Waals surface area contributed by atoms with Gasteiger partial charge in [0.15, 0.2) is 0 Å². The number of ether oxygens (including phenoxy) is 1. The highest BCUT2D eigenvalue weighted by molar-refractivity contribution is 5.88. The second-order valence-electron chi connectivity index (χ2n) is 5.88. The van der Waals surface area contributed by atoms with Gasteiger partial charge in [-0.25, -0.2) is 4.79 Å². The number of aromatic nitrogens is 2. The average molecular weight is 309 g/mol. The minimum Gasteiger partial charge on any atom is -0.379 e. The summed E-state index contributed by atoms with van der Waals surface area (Å²) in [6.45, 7) is 11.2. The van der Waals surface area contributed by atoms with Gasteiger partial charge in [0.05, 0.1) is 25.1 Å². The summed E-state index contributed by atoms with van der Waals surface area (Å²) in [6.07, 6.45) is 3.48. The van der Waals surface area contributed by atoms with Crippen molar-refractivity contribution in [1.29, 1.82) is 0 Å². The summed E-state index contributed by atoms with van der Waals surface area (Å²) in [5, 5.41) is 9.92. The Hall–Kier alpha value is -1.60. The molecule has 1 atom stereocenters. The fourth-order valence-corrected chi connectivity index (χ4v) is 2.67. The Morgan fingerprint density at radius 3 is 2.73 bits per heavy atom. The van der Waals surface area contributed by atoms with E-state index in [1.54, 1.807) is 10.9 Å². The molecule has 7 nitrogen and oxygen atoms in total. The van der Waals surface area contributed by atoms with Crippen molar-refractivity contribution < 1.29 is 9.53 Å². The molecule has 2 heterocycles. The van der Waals surface area contributed by atoms with Gasteiger partial charge in [0.2, 0.25) is 0 Å². The highest BCUT2D eigenvalue weighted by atomic mass is 16.5. The Bertz CT molecular complexity index is 468. The van der Waals surface area contributed by atoms with Crippen LogP contribution in [0.1, 0.15) is 20.8 Å². The van der Waals surface area contributed by atoms with Gasteiger partial charge in [0.25, 0.3) is 0 Å².